The lowest BCUT2D eigenvalue weighted by Gasteiger charge is -2.38. The summed E-state index contributed by atoms with van der Waals surface area (Å²) in [5, 5.41) is 5.65. The molecule has 1 aromatic carbocycles. The third-order valence-corrected chi connectivity index (χ3v) is 6.82. The van der Waals surface area contributed by atoms with E-state index in [0.717, 1.165) is 25.3 Å². The molecule has 156 valence electrons. The van der Waals surface area contributed by atoms with Gasteiger partial charge in [0.15, 0.2) is 0 Å². The maximum atomic E-state index is 13.7. The first-order chi connectivity index (χ1) is 14.4. The molecule has 1 amide bonds. The molecule has 0 spiro atoms. The molecule has 2 atom stereocenters. The zero-order chi connectivity index (χ0) is 20.9. The summed E-state index contributed by atoms with van der Waals surface area (Å²) in [6.07, 6.45) is 6.08. The zero-order valence-corrected chi connectivity index (χ0v) is 17.6. The summed E-state index contributed by atoms with van der Waals surface area (Å²) < 4.78 is 33.9. The highest BCUT2D eigenvalue weighted by Crippen LogP contribution is 2.62. The van der Waals surface area contributed by atoms with Crippen molar-refractivity contribution in [2.75, 3.05) is 6.61 Å². The van der Waals surface area contributed by atoms with Crippen LogP contribution in [0, 0.1) is 28.9 Å². The predicted octanol–water partition coefficient (Wildman–Crippen LogP) is 4.27. The maximum absolute atomic E-state index is 13.7. The number of nitrogens with zero attached hydrogens (tertiary/aromatic N) is 4. The molecule has 3 saturated carbocycles. The van der Waals surface area contributed by atoms with Gasteiger partial charge < -0.3 is 4.74 Å². The van der Waals surface area contributed by atoms with Crippen molar-refractivity contribution < 1.29 is 18.3 Å². The first-order valence-corrected chi connectivity index (χ1v) is 10.6. The van der Waals surface area contributed by atoms with E-state index in [4.69, 9.17) is 4.74 Å². The Morgan fingerprint density at radius 3 is 2.67 bits per heavy atom. The highest BCUT2D eigenvalue weighted by atomic mass is 79.9. The minimum absolute atomic E-state index is 0.0354. The third-order valence-electron chi connectivity index (χ3n) is 6.39. The number of carbonyl (C=O) groups excluding carboxylic acids is 1. The van der Waals surface area contributed by atoms with Crippen LogP contribution in [0.5, 0.6) is 5.88 Å². The van der Waals surface area contributed by atoms with Crippen LogP contribution < -0.4 is 4.74 Å². The summed E-state index contributed by atoms with van der Waals surface area (Å²) in [5.74, 6) is -0.741. The zero-order valence-electron chi connectivity index (χ0n) is 16.0. The van der Waals surface area contributed by atoms with Gasteiger partial charge in [-0.05, 0) is 58.8 Å². The summed E-state index contributed by atoms with van der Waals surface area (Å²) in [6.45, 7) is 0.499. The molecule has 0 radical (unpaired) electrons. The Balaban J connectivity index is 1.26. The lowest BCUT2D eigenvalue weighted by Crippen LogP contribution is -2.36. The second kappa shape index (κ2) is 7.37. The van der Waals surface area contributed by atoms with Crippen LogP contribution in [0.25, 0.3) is 0 Å². The molecule has 0 N–H and O–H groups in total. The lowest BCUT2D eigenvalue weighted by molar-refractivity contribution is -0.138. The second-order valence-electron chi connectivity index (χ2n) is 8.38. The summed E-state index contributed by atoms with van der Waals surface area (Å²) in [6, 6.07) is 4.62. The molecule has 4 aliphatic rings. The lowest BCUT2D eigenvalue weighted by atomic mass is 9.70. The topological polar surface area (TPSA) is 67.7 Å². The van der Waals surface area contributed by atoms with E-state index in [-0.39, 0.29) is 17.2 Å². The first-order valence-electron chi connectivity index (χ1n) is 9.84. The summed E-state index contributed by atoms with van der Waals surface area (Å²) in [4.78, 5) is 21.3. The average molecular weight is 477 g/mol. The van der Waals surface area contributed by atoms with E-state index in [2.05, 4.69) is 31.0 Å². The first kappa shape index (κ1) is 19.5. The number of hydrogen-bond donors (Lipinski definition) is 0. The van der Waals surface area contributed by atoms with E-state index in [0.29, 0.717) is 35.0 Å². The molecular weight excluding hydrogens is 458 g/mol. The Morgan fingerprint density at radius 2 is 1.93 bits per heavy atom. The van der Waals surface area contributed by atoms with E-state index in [1.807, 2.05) is 0 Å². The van der Waals surface area contributed by atoms with E-state index in [1.165, 1.54) is 23.5 Å². The molecule has 30 heavy (non-hydrogen) atoms. The Bertz CT molecular complexity index is 1010. The standard InChI is InChI=1S/C21H19BrF2N4O2/c22-18-6-19(26-11-25-18)30-10-21-7-13(8-21)16(9-21)20(29)28-17(1-2-27-28)12-3-14(23)5-15(24)4-12/h2-6,11,13,16-17H,1,7-10H2/t13?,16-,17?,21?/m0/s1. The van der Waals surface area contributed by atoms with Gasteiger partial charge in [-0.15, -0.1) is 0 Å². The number of ether oxygens (including phenoxy) is 1. The van der Waals surface area contributed by atoms with E-state index in [1.54, 1.807) is 12.3 Å². The Labute approximate surface area is 180 Å². The van der Waals surface area contributed by atoms with Crippen LogP contribution in [0.3, 0.4) is 0 Å². The van der Waals surface area contributed by atoms with Crippen LogP contribution in [0.1, 0.15) is 37.3 Å². The predicted molar refractivity (Wildman–Crippen MR) is 108 cm³/mol. The van der Waals surface area contributed by atoms with Crippen LogP contribution in [0.15, 0.2) is 40.3 Å². The molecular formula is C21H19BrF2N4O2. The fourth-order valence-corrected chi connectivity index (χ4v) is 5.35. The van der Waals surface area contributed by atoms with Gasteiger partial charge in [-0.1, -0.05) is 0 Å². The van der Waals surface area contributed by atoms with Gasteiger partial charge in [0, 0.05) is 36.1 Å². The Hall–Kier alpha value is -2.42. The fraction of sp³-hybridized carbons (Fsp3) is 0.429. The highest BCUT2D eigenvalue weighted by Gasteiger charge is 2.59. The quantitative estimate of drug-likeness (QED) is 0.604. The SMILES string of the molecule is O=C([C@H]1CC2(COc3cc(Br)ncn3)CC1C2)N1N=CCC1c1cc(F)cc(F)c1. The van der Waals surface area contributed by atoms with Crippen molar-refractivity contribution in [3.8, 4) is 5.88 Å². The van der Waals surface area contributed by atoms with Gasteiger partial charge in [0.1, 0.15) is 22.6 Å². The van der Waals surface area contributed by atoms with Gasteiger partial charge in [-0.3, -0.25) is 4.79 Å². The highest BCUT2D eigenvalue weighted by molar-refractivity contribution is 9.10. The van der Waals surface area contributed by atoms with Crippen LogP contribution >= 0.6 is 15.9 Å². The van der Waals surface area contributed by atoms with Crippen molar-refractivity contribution >= 4 is 28.1 Å². The minimum Gasteiger partial charge on any atom is -0.477 e. The van der Waals surface area contributed by atoms with Gasteiger partial charge in [0.25, 0.3) is 0 Å². The average Bonchev–Trinajstić information content (AvgIpc) is 3.38. The molecule has 2 bridgehead atoms. The third kappa shape index (κ3) is 3.49. The normalized spacial score (nSPS) is 29.2. The van der Waals surface area contributed by atoms with Crippen molar-refractivity contribution in [3.63, 3.8) is 0 Å². The number of benzene rings is 1. The Kier molecular flexibility index (Phi) is 4.80. The summed E-state index contributed by atoms with van der Waals surface area (Å²) >= 11 is 3.30. The molecule has 3 aliphatic carbocycles. The fourth-order valence-electron chi connectivity index (χ4n) is 5.07. The van der Waals surface area contributed by atoms with E-state index >= 15 is 0 Å². The molecule has 1 aromatic heterocycles. The van der Waals surface area contributed by atoms with Gasteiger partial charge in [0.05, 0.1) is 12.6 Å². The van der Waals surface area contributed by atoms with E-state index in [9.17, 15) is 13.6 Å². The number of aromatic nitrogens is 2. The molecule has 3 fully saturated rings. The van der Waals surface area contributed by atoms with Crippen LogP contribution in [0.2, 0.25) is 0 Å². The molecule has 6 rings (SSSR count). The van der Waals surface area contributed by atoms with Crippen molar-refractivity contribution in [3.05, 3.63) is 52.4 Å². The van der Waals surface area contributed by atoms with Crippen molar-refractivity contribution in [2.45, 2.75) is 31.7 Å². The summed E-state index contributed by atoms with van der Waals surface area (Å²) in [7, 11) is 0. The number of amides is 1. The van der Waals surface area contributed by atoms with Crippen molar-refractivity contribution in [1.82, 2.24) is 15.0 Å². The van der Waals surface area contributed by atoms with Crippen LogP contribution in [-0.2, 0) is 4.79 Å². The van der Waals surface area contributed by atoms with Gasteiger partial charge in [0.2, 0.25) is 11.8 Å². The van der Waals surface area contributed by atoms with Crippen molar-refractivity contribution in [2.24, 2.45) is 22.4 Å². The number of fused-ring (bicyclic) bond motifs is 1. The van der Waals surface area contributed by atoms with Gasteiger partial charge in [-0.25, -0.2) is 23.8 Å². The molecule has 9 heteroatoms. The van der Waals surface area contributed by atoms with Gasteiger partial charge >= 0.3 is 0 Å². The smallest absolute Gasteiger partial charge is 0.246 e. The van der Waals surface area contributed by atoms with Crippen LogP contribution in [-0.4, -0.2) is 33.7 Å². The maximum Gasteiger partial charge on any atom is 0.246 e. The molecule has 1 aliphatic heterocycles. The molecule has 2 aromatic rings. The van der Waals surface area contributed by atoms with Gasteiger partial charge in [-0.2, -0.15) is 5.10 Å². The number of rotatable bonds is 5. The van der Waals surface area contributed by atoms with Crippen molar-refractivity contribution in [1.29, 1.82) is 0 Å². The number of carbonyl (C=O) groups is 1. The number of hydrazone groups is 1. The molecule has 1 unspecified atom stereocenters. The Morgan fingerprint density at radius 1 is 1.17 bits per heavy atom. The molecule has 6 nitrogen and oxygen atoms in total. The van der Waals surface area contributed by atoms with E-state index < -0.39 is 17.7 Å². The van der Waals surface area contributed by atoms with Crippen LogP contribution in [0.4, 0.5) is 8.78 Å². The largest absolute Gasteiger partial charge is 0.477 e. The molecule has 2 heterocycles. The minimum atomic E-state index is -0.653. The second-order valence-corrected chi connectivity index (χ2v) is 9.19. The monoisotopic (exact) mass is 476 g/mol. The number of halogens is 3. The summed E-state index contributed by atoms with van der Waals surface area (Å²) in [5.41, 5.74) is 0.392. The number of hydrogen-bond acceptors (Lipinski definition) is 5. The molecule has 0 saturated heterocycles.